The maximum Gasteiger partial charge on any atom is 0.272 e. The van der Waals surface area contributed by atoms with E-state index in [4.69, 9.17) is 9.84 Å². The first-order valence-electron chi connectivity index (χ1n) is 5.97. The Balaban J connectivity index is 2.45. The van der Waals surface area contributed by atoms with Crippen molar-refractivity contribution in [3.05, 3.63) is 39.7 Å². The fraction of sp³-hybridized carbons (Fsp3) is 0.417. The number of benzene rings is 1. The molecule has 0 aliphatic heterocycles. The Hall–Kier alpha value is -2.06. The lowest BCUT2D eigenvalue weighted by molar-refractivity contribution is -0.385. The van der Waals surface area contributed by atoms with Crippen molar-refractivity contribution in [1.29, 1.82) is 0 Å². The van der Waals surface area contributed by atoms with Crippen molar-refractivity contribution in [1.82, 2.24) is 5.32 Å². The molecule has 20 heavy (non-hydrogen) atoms. The van der Waals surface area contributed by atoms with Gasteiger partial charge in [0.15, 0.2) is 0 Å². The number of carbonyl (C=O) groups excluding carboxylic acids is 1. The average molecular weight is 286 g/mol. The fourth-order valence-corrected chi connectivity index (χ4v) is 1.44. The van der Waals surface area contributed by atoms with Crippen LogP contribution in [0.15, 0.2) is 18.2 Å². The van der Waals surface area contributed by atoms with Crippen LogP contribution in [0.3, 0.4) is 0 Å². The molecule has 0 heterocycles. The van der Waals surface area contributed by atoms with Gasteiger partial charge in [0.2, 0.25) is 0 Å². The first-order valence-corrected chi connectivity index (χ1v) is 5.97. The quantitative estimate of drug-likeness (QED) is 0.419. The van der Waals surface area contributed by atoms with E-state index in [-0.39, 0.29) is 25.3 Å². The second kappa shape index (κ2) is 8.18. The summed E-state index contributed by atoms with van der Waals surface area (Å²) in [5.41, 5.74) is -0.650. The summed E-state index contributed by atoms with van der Waals surface area (Å²) in [5, 5.41) is 21.4. The highest BCUT2D eigenvalue weighted by molar-refractivity contribution is 5.94. The van der Waals surface area contributed by atoms with Gasteiger partial charge in [-0.05, 0) is 12.5 Å². The van der Waals surface area contributed by atoms with Crippen molar-refractivity contribution in [2.45, 2.75) is 6.42 Å². The highest BCUT2D eigenvalue weighted by Gasteiger charge is 2.15. The third-order valence-corrected chi connectivity index (χ3v) is 2.39. The van der Waals surface area contributed by atoms with Crippen LogP contribution in [-0.4, -0.2) is 42.3 Å². The normalized spacial score (nSPS) is 10.3. The molecule has 1 aromatic carbocycles. The summed E-state index contributed by atoms with van der Waals surface area (Å²) in [4.78, 5) is 21.3. The monoisotopic (exact) mass is 286 g/mol. The first kappa shape index (κ1) is 16.0. The van der Waals surface area contributed by atoms with Gasteiger partial charge in [0.25, 0.3) is 11.6 Å². The number of hydrogen-bond donors (Lipinski definition) is 2. The Bertz CT molecular complexity index is 481. The van der Waals surface area contributed by atoms with E-state index in [0.717, 1.165) is 12.1 Å². The van der Waals surface area contributed by atoms with Crippen LogP contribution in [0.4, 0.5) is 10.1 Å². The lowest BCUT2D eigenvalue weighted by Crippen LogP contribution is -2.26. The van der Waals surface area contributed by atoms with Gasteiger partial charge in [-0.25, -0.2) is 4.39 Å². The number of ether oxygens (including phenoxy) is 1. The predicted molar refractivity (Wildman–Crippen MR) is 67.9 cm³/mol. The molecule has 110 valence electrons. The minimum Gasteiger partial charge on any atom is -0.394 e. The number of aliphatic hydroxyl groups is 1. The highest BCUT2D eigenvalue weighted by Crippen LogP contribution is 2.16. The molecule has 0 unspecified atom stereocenters. The summed E-state index contributed by atoms with van der Waals surface area (Å²) in [6.45, 7) is 0.801. The Labute approximate surface area is 114 Å². The second-order valence-electron chi connectivity index (χ2n) is 3.87. The van der Waals surface area contributed by atoms with E-state index in [0.29, 0.717) is 19.1 Å². The molecule has 2 N–H and O–H groups in total. The van der Waals surface area contributed by atoms with E-state index in [1.807, 2.05) is 0 Å². The Kier molecular flexibility index (Phi) is 6.54. The Morgan fingerprint density at radius 2 is 2.20 bits per heavy atom. The molecule has 7 nitrogen and oxygen atoms in total. The number of non-ortho nitro benzene ring substituents is 1. The molecular weight excluding hydrogens is 271 g/mol. The minimum atomic E-state index is -0.937. The van der Waals surface area contributed by atoms with Crippen molar-refractivity contribution in [2.24, 2.45) is 0 Å². The third kappa shape index (κ3) is 4.90. The zero-order valence-electron chi connectivity index (χ0n) is 10.7. The van der Waals surface area contributed by atoms with Crippen LogP contribution >= 0.6 is 0 Å². The molecule has 1 aromatic rings. The maximum atomic E-state index is 13.5. The van der Waals surface area contributed by atoms with Gasteiger partial charge >= 0.3 is 0 Å². The summed E-state index contributed by atoms with van der Waals surface area (Å²) >= 11 is 0. The number of nitro groups is 1. The van der Waals surface area contributed by atoms with Crippen LogP contribution in [-0.2, 0) is 4.74 Å². The van der Waals surface area contributed by atoms with Crippen molar-refractivity contribution >= 4 is 11.6 Å². The van der Waals surface area contributed by atoms with E-state index < -0.39 is 22.3 Å². The molecule has 0 bridgehead atoms. The Morgan fingerprint density at radius 1 is 1.45 bits per heavy atom. The van der Waals surface area contributed by atoms with E-state index in [2.05, 4.69) is 5.32 Å². The van der Waals surface area contributed by atoms with Gasteiger partial charge in [-0.15, -0.1) is 0 Å². The molecule has 0 atom stereocenters. The van der Waals surface area contributed by atoms with Crippen LogP contribution in [0.25, 0.3) is 0 Å². The predicted octanol–water partition coefficient (Wildman–Crippen LogP) is 0.863. The number of carbonyl (C=O) groups is 1. The van der Waals surface area contributed by atoms with Crippen LogP contribution in [0.5, 0.6) is 0 Å². The van der Waals surface area contributed by atoms with Crippen LogP contribution in [0.2, 0.25) is 0 Å². The van der Waals surface area contributed by atoms with Gasteiger partial charge in [0, 0.05) is 19.2 Å². The first-order chi connectivity index (χ1) is 9.56. The number of nitrogens with one attached hydrogen (secondary N) is 1. The van der Waals surface area contributed by atoms with Crippen molar-refractivity contribution in [2.75, 3.05) is 26.4 Å². The lowest BCUT2D eigenvalue weighted by Gasteiger charge is -2.06. The van der Waals surface area contributed by atoms with Crippen LogP contribution < -0.4 is 5.32 Å². The van der Waals surface area contributed by atoms with Crippen molar-refractivity contribution < 1.29 is 24.0 Å². The molecule has 8 heteroatoms. The van der Waals surface area contributed by atoms with E-state index in [1.54, 1.807) is 0 Å². The smallest absolute Gasteiger partial charge is 0.272 e. The second-order valence-corrected chi connectivity index (χ2v) is 3.87. The SMILES string of the molecule is O=C(NCCCOCCO)c1ccc([N+](=O)[O-])cc1F. The van der Waals surface area contributed by atoms with Crippen LogP contribution in [0, 0.1) is 15.9 Å². The van der Waals surface area contributed by atoms with Crippen LogP contribution in [0.1, 0.15) is 16.8 Å². The molecular formula is C12H15FN2O5. The van der Waals surface area contributed by atoms with Gasteiger partial charge in [0.05, 0.1) is 29.8 Å². The number of nitrogens with zero attached hydrogens (tertiary/aromatic N) is 1. The van der Waals surface area contributed by atoms with Gasteiger partial charge < -0.3 is 15.2 Å². The fourth-order valence-electron chi connectivity index (χ4n) is 1.44. The number of nitro benzene ring substituents is 1. The molecule has 0 saturated carbocycles. The van der Waals surface area contributed by atoms with Gasteiger partial charge in [-0.3, -0.25) is 14.9 Å². The zero-order chi connectivity index (χ0) is 15.0. The molecule has 1 rings (SSSR count). The lowest BCUT2D eigenvalue weighted by atomic mass is 10.2. The molecule has 0 aliphatic carbocycles. The summed E-state index contributed by atoms with van der Waals surface area (Å²) in [6, 6.07) is 2.85. The van der Waals surface area contributed by atoms with E-state index in [1.165, 1.54) is 0 Å². The van der Waals surface area contributed by atoms with Gasteiger partial charge in [0.1, 0.15) is 5.82 Å². The highest BCUT2D eigenvalue weighted by atomic mass is 19.1. The molecule has 0 aliphatic rings. The standard InChI is InChI=1S/C12H15FN2O5/c13-11-8-9(15(18)19)2-3-10(11)12(17)14-4-1-6-20-7-5-16/h2-3,8,16H,1,4-7H2,(H,14,17). The van der Waals surface area contributed by atoms with E-state index >= 15 is 0 Å². The molecule has 0 spiro atoms. The number of aliphatic hydroxyl groups excluding tert-OH is 1. The number of amides is 1. The summed E-state index contributed by atoms with van der Waals surface area (Å²) in [6.07, 6.45) is 0.514. The van der Waals surface area contributed by atoms with Gasteiger partial charge in [-0.1, -0.05) is 0 Å². The van der Waals surface area contributed by atoms with Gasteiger partial charge in [-0.2, -0.15) is 0 Å². The number of rotatable bonds is 8. The molecule has 1 amide bonds. The molecule has 0 aromatic heterocycles. The average Bonchev–Trinajstić information content (AvgIpc) is 2.42. The van der Waals surface area contributed by atoms with E-state index in [9.17, 15) is 19.3 Å². The largest absolute Gasteiger partial charge is 0.394 e. The summed E-state index contributed by atoms with van der Waals surface area (Å²) in [5.74, 6) is -1.58. The topological polar surface area (TPSA) is 102 Å². The number of halogens is 1. The molecule has 0 radical (unpaired) electrons. The molecule has 0 fully saturated rings. The summed E-state index contributed by atoms with van der Waals surface area (Å²) in [7, 11) is 0. The number of hydrogen-bond acceptors (Lipinski definition) is 5. The van der Waals surface area contributed by atoms with Crippen molar-refractivity contribution in [3.63, 3.8) is 0 Å². The summed E-state index contributed by atoms with van der Waals surface area (Å²) < 4.78 is 18.5. The third-order valence-electron chi connectivity index (χ3n) is 2.39. The minimum absolute atomic E-state index is 0.0691. The molecule has 0 saturated heterocycles. The Morgan fingerprint density at radius 3 is 2.80 bits per heavy atom. The maximum absolute atomic E-state index is 13.5. The van der Waals surface area contributed by atoms with Crippen molar-refractivity contribution in [3.8, 4) is 0 Å². The zero-order valence-corrected chi connectivity index (χ0v) is 10.7.